The Kier molecular flexibility index (Phi) is 6.62. The summed E-state index contributed by atoms with van der Waals surface area (Å²) in [5.74, 6) is -0.840. The van der Waals surface area contributed by atoms with Crippen LogP contribution in [0.25, 0.3) is 0 Å². The molecule has 2 fully saturated rings. The number of hydrogen-bond acceptors (Lipinski definition) is 6. The second-order valence-corrected chi connectivity index (χ2v) is 9.39. The molecule has 2 atom stereocenters. The summed E-state index contributed by atoms with van der Waals surface area (Å²) in [6.07, 6.45) is 0.490. The lowest BCUT2D eigenvalue weighted by atomic mass is 9.52. The number of ether oxygens (including phenoxy) is 2. The molecule has 6 radical (unpaired) electrons. The first-order valence-corrected chi connectivity index (χ1v) is 11.9. The Morgan fingerprint density at radius 1 is 1.05 bits per heavy atom. The Bertz CT molecular complexity index is 1270. The van der Waals surface area contributed by atoms with Crippen molar-refractivity contribution in [1.29, 1.82) is 0 Å². The van der Waals surface area contributed by atoms with Crippen LogP contribution in [0.1, 0.15) is 39.9 Å². The van der Waals surface area contributed by atoms with Crippen molar-refractivity contribution in [2.75, 3.05) is 6.61 Å². The van der Waals surface area contributed by atoms with Gasteiger partial charge in [-0.3, -0.25) is 24.5 Å². The van der Waals surface area contributed by atoms with Crippen molar-refractivity contribution in [3.8, 4) is 5.75 Å². The third kappa shape index (κ3) is 4.77. The molecule has 12 heteroatoms. The van der Waals surface area contributed by atoms with Gasteiger partial charge in [-0.2, -0.15) is 0 Å². The van der Waals surface area contributed by atoms with Crippen LogP contribution < -0.4 is 10.1 Å². The molecule has 0 bridgehead atoms. The number of morpholine rings is 1. The average Bonchev–Trinajstić information content (AvgIpc) is 3.20. The number of nitrogens with zero attached hydrogens (tertiary/aromatic N) is 2. The normalized spacial score (nSPS) is 23.1. The van der Waals surface area contributed by atoms with Crippen LogP contribution in [0.4, 0.5) is 0 Å². The molecule has 2 aromatic carbocycles. The number of benzene rings is 2. The fourth-order valence-corrected chi connectivity index (χ4v) is 4.74. The van der Waals surface area contributed by atoms with Gasteiger partial charge in [0.25, 0.3) is 5.91 Å². The van der Waals surface area contributed by atoms with E-state index in [1.54, 1.807) is 18.2 Å². The van der Waals surface area contributed by atoms with E-state index >= 15 is 0 Å². The minimum absolute atomic E-state index is 0.175. The average molecular weight is 493 g/mol. The summed E-state index contributed by atoms with van der Waals surface area (Å²) in [4.78, 5) is 51.8. The molecule has 2 saturated heterocycles. The first-order chi connectivity index (χ1) is 17.6. The molecule has 3 aliphatic heterocycles. The Morgan fingerprint density at radius 2 is 1.78 bits per heavy atom. The lowest BCUT2D eigenvalue weighted by Gasteiger charge is -2.48. The van der Waals surface area contributed by atoms with E-state index < -0.39 is 23.3 Å². The van der Waals surface area contributed by atoms with E-state index in [4.69, 9.17) is 33.0 Å². The largest absolute Gasteiger partial charge is 0.489 e. The van der Waals surface area contributed by atoms with Crippen LogP contribution in [0, 0.1) is 0 Å². The van der Waals surface area contributed by atoms with E-state index in [9.17, 15) is 19.2 Å². The summed E-state index contributed by atoms with van der Waals surface area (Å²) in [6.45, 7) is 0.455. The maximum absolute atomic E-state index is 13.0. The van der Waals surface area contributed by atoms with Gasteiger partial charge >= 0.3 is 0 Å². The van der Waals surface area contributed by atoms with E-state index in [0.29, 0.717) is 23.3 Å². The summed E-state index contributed by atoms with van der Waals surface area (Å²) in [5, 5.41) is 0.682. The summed E-state index contributed by atoms with van der Waals surface area (Å²) in [7, 11) is 17.8. The van der Waals surface area contributed by atoms with Crippen molar-refractivity contribution >= 4 is 47.2 Å². The van der Waals surface area contributed by atoms with Gasteiger partial charge in [0.2, 0.25) is 17.7 Å². The Balaban J connectivity index is 1.24. The Hall–Kier alpha value is -3.53. The van der Waals surface area contributed by atoms with Crippen LogP contribution in [-0.2, 0) is 38.8 Å². The number of hydrogen-bond donors (Lipinski definition) is 1. The SMILES string of the molecule is [B]C1OCC(=O)N(Cc2ccc(COc3cccc4c3CN(C3CCC(=O)NC3=O)C4=O)cc2)C1([B])[B]. The molecule has 2 unspecified atom stereocenters. The van der Waals surface area contributed by atoms with Crippen LogP contribution >= 0.6 is 0 Å². The van der Waals surface area contributed by atoms with E-state index in [1.807, 2.05) is 24.3 Å². The zero-order valence-electron chi connectivity index (χ0n) is 20.0. The molecule has 1 N–H and O–H groups in total. The smallest absolute Gasteiger partial charge is 0.255 e. The molecule has 0 saturated carbocycles. The number of nitrogens with one attached hydrogen (secondary N) is 1. The van der Waals surface area contributed by atoms with Crippen molar-refractivity contribution in [3.63, 3.8) is 0 Å². The van der Waals surface area contributed by atoms with Gasteiger partial charge in [0.1, 0.15) is 32.9 Å². The van der Waals surface area contributed by atoms with E-state index in [1.165, 1.54) is 9.80 Å². The molecule has 3 aliphatic rings. The van der Waals surface area contributed by atoms with Gasteiger partial charge in [0.15, 0.2) is 0 Å². The first-order valence-electron chi connectivity index (χ1n) is 11.9. The lowest BCUT2D eigenvalue weighted by molar-refractivity contribution is -0.150. The maximum atomic E-state index is 13.0. The number of carbonyl (C=O) groups is 4. The molecule has 37 heavy (non-hydrogen) atoms. The third-order valence-corrected chi connectivity index (χ3v) is 6.91. The van der Waals surface area contributed by atoms with Crippen molar-refractivity contribution in [3.05, 3.63) is 64.7 Å². The summed E-state index contributed by atoms with van der Waals surface area (Å²) < 4.78 is 11.2. The van der Waals surface area contributed by atoms with Crippen molar-refractivity contribution in [1.82, 2.24) is 15.1 Å². The first kappa shape index (κ1) is 25.1. The predicted molar refractivity (Wildman–Crippen MR) is 134 cm³/mol. The molecule has 182 valence electrons. The molecule has 2 aromatic rings. The quantitative estimate of drug-likeness (QED) is 0.445. The van der Waals surface area contributed by atoms with Gasteiger partial charge < -0.3 is 19.3 Å². The molecule has 0 aliphatic carbocycles. The van der Waals surface area contributed by atoms with Crippen LogP contribution in [0.3, 0.4) is 0 Å². The lowest BCUT2D eigenvalue weighted by Crippen LogP contribution is -2.65. The predicted octanol–water partition coefficient (Wildman–Crippen LogP) is -0.129. The van der Waals surface area contributed by atoms with E-state index in [0.717, 1.165) is 11.1 Å². The summed E-state index contributed by atoms with van der Waals surface area (Å²) in [5.41, 5.74) is 2.86. The highest BCUT2D eigenvalue weighted by atomic mass is 16.5. The molecular weight excluding hydrogens is 471 g/mol. The highest BCUT2D eigenvalue weighted by Crippen LogP contribution is 2.34. The Morgan fingerprint density at radius 3 is 2.51 bits per heavy atom. The van der Waals surface area contributed by atoms with Gasteiger partial charge in [-0.1, -0.05) is 30.3 Å². The highest BCUT2D eigenvalue weighted by molar-refractivity contribution is 6.44. The number of amides is 4. The van der Waals surface area contributed by atoms with Gasteiger partial charge in [-0.25, -0.2) is 0 Å². The van der Waals surface area contributed by atoms with Crippen LogP contribution in [-0.4, -0.2) is 81.0 Å². The maximum Gasteiger partial charge on any atom is 0.255 e. The molecule has 0 spiro atoms. The van der Waals surface area contributed by atoms with Gasteiger partial charge in [-0.15, -0.1) is 0 Å². The van der Waals surface area contributed by atoms with Crippen LogP contribution in [0.5, 0.6) is 5.75 Å². The number of imide groups is 1. The van der Waals surface area contributed by atoms with Crippen molar-refractivity contribution in [2.45, 2.75) is 49.9 Å². The summed E-state index contributed by atoms with van der Waals surface area (Å²) in [6, 6.07) is 10.9. The third-order valence-electron chi connectivity index (χ3n) is 6.91. The molecule has 5 rings (SSSR count). The number of fused-ring (bicyclic) bond motifs is 1. The number of rotatable bonds is 6. The molecule has 9 nitrogen and oxygen atoms in total. The monoisotopic (exact) mass is 493 g/mol. The fourth-order valence-electron chi connectivity index (χ4n) is 4.74. The number of carbonyl (C=O) groups excluding carboxylic acids is 4. The minimum atomic E-state index is -1.62. The Labute approximate surface area is 218 Å². The molecule has 4 amide bonds. The van der Waals surface area contributed by atoms with Gasteiger partial charge in [-0.05, 0) is 35.0 Å². The zero-order chi connectivity index (χ0) is 26.3. The van der Waals surface area contributed by atoms with Crippen molar-refractivity contribution in [2.24, 2.45) is 0 Å². The van der Waals surface area contributed by atoms with Gasteiger partial charge in [0.05, 0.1) is 22.2 Å². The topological polar surface area (TPSA) is 105 Å². The number of piperidine rings is 1. The van der Waals surface area contributed by atoms with Crippen molar-refractivity contribution < 1.29 is 28.7 Å². The highest BCUT2D eigenvalue weighted by Gasteiger charge is 2.41. The minimum Gasteiger partial charge on any atom is -0.489 e. The fraction of sp³-hybridized carbons (Fsp3) is 0.360. The second kappa shape index (κ2) is 9.74. The second-order valence-electron chi connectivity index (χ2n) is 9.39. The zero-order valence-corrected chi connectivity index (χ0v) is 20.0. The standard InChI is InChI=1S/C25H22B3N3O6/c26-24-25(27,28)31(21(33)13-37-24)10-14-4-6-15(7-5-14)12-36-19-3-1-2-16-17(19)11-30(23(16)35)18-8-9-20(32)29-22(18)34/h1-7,18,24H,8-13H2,(H,29,32,34). The van der Waals surface area contributed by atoms with Crippen LogP contribution in [0.2, 0.25) is 0 Å². The molecular formula is C25H22B3N3O6. The van der Waals surface area contributed by atoms with Gasteiger partial charge in [0, 0.05) is 30.1 Å². The van der Waals surface area contributed by atoms with Crippen LogP contribution in [0.15, 0.2) is 42.5 Å². The molecule has 3 heterocycles. The van der Waals surface area contributed by atoms with E-state index in [2.05, 4.69) is 5.32 Å². The van der Waals surface area contributed by atoms with E-state index in [-0.39, 0.29) is 50.4 Å². The summed E-state index contributed by atoms with van der Waals surface area (Å²) >= 11 is 0. The molecule has 0 aromatic heterocycles.